The first-order valence-corrected chi connectivity index (χ1v) is 10.1. The summed E-state index contributed by atoms with van der Waals surface area (Å²) in [6.45, 7) is 4.22. The topological polar surface area (TPSA) is 61.4 Å². The van der Waals surface area contributed by atoms with E-state index >= 15 is 0 Å². The number of benzene rings is 1. The van der Waals surface area contributed by atoms with E-state index in [2.05, 4.69) is 10.6 Å². The number of carbonyl (C=O) groups is 2. The first-order valence-electron chi connectivity index (χ1n) is 8.84. The standard InChI is InChI=1S/C20H26ClN3O2S/c1-13(2)18(23-19(25)17-10-7-11-27-17)20(26)22-12-16(24(3)4)14-8-5-6-9-15(14)21/h5-11,13,16,18H,12H2,1-4H3,(H,22,26)(H,23,25). The number of likely N-dealkylation sites (N-methyl/N-ethyl adjacent to an activating group) is 1. The minimum absolute atomic E-state index is 0.0352. The first-order chi connectivity index (χ1) is 12.8. The molecule has 2 amide bonds. The Morgan fingerprint density at radius 2 is 1.85 bits per heavy atom. The van der Waals surface area contributed by atoms with Crippen LogP contribution in [0.25, 0.3) is 0 Å². The third kappa shape index (κ3) is 5.79. The van der Waals surface area contributed by atoms with E-state index in [0.717, 1.165) is 5.56 Å². The highest BCUT2D eigenvalue weighted by Gasteiger charge is 2.26. The molecule has 0 saturated carbocycles. The van der Waals surface area contributed by atoms with Crippen LogP contribution in [0.4, 0.5) is 0 Å². The van der Waals surface area contributed by atoms with Gasteiger partial charge in [0.25, 0.3) is 5.91 Å². The highest BCUT2D eigenvalue weighted by molar-refractivity contribution is 7.12. The summed E-state index contributed by atoms with van der Waals surface area (Å²) >= 11 is 7.67. The second-order valence-corrected chi connectivity index (χ2v) is 8.27. The van der Waals surface area contributed by atoms with Crippen molar-refractivity contribution in [3.05, 3.63) is 57.2 Å². The van der Waals surface area contributed by atoms with Gasteiger partial charge in [0, 0.05) is 11.6 Å². The Balaban J connectivity index is 2.05. The molecule has 0 fully saturated rings. The van der Waals surface area contributed by atoms with Crippen molar-refractivity contribution in [1.82, 2.24) is 15.5 Å². The van der Waals surface area contributed by atoms with E-state index in [4.69, 9.17) is 11.6 Å². The average Bonchev–Trinajstić information content (AvgIpc) is 3.15. The van der Waals surface area contributed by atoms with Gasteiger partial charge in [0.2, 0.25) is 5.91 Å². The zero-order valence-corrected chi connectivity index (χ0v) is 17.6. The molecular formula is C20H26ClN3O2S. The molecule has 1 aromatic heterocycles. The number of nitrogens with zero attached hydrogens (tertiary/aromatic N) is 1. The highest BCUT2D eigenvalue weighted by atomic mass is 35.5. The minimum Gasteiger partial charge on any atom is -0.352 e. The molecule has 2 atom stereocenters. The third-order valence-corrected chi connectivity index (χ3v) is 5.55. The Bertz CT molecular complexity index is 762. The van der Waals surface area contributed by atoms with Gasteiger partial charge in [0.1, 0.15) is 6.04 Å². The summed E-state index contributed by atoms with van der Waals surface area (Å²) in [5.41, 5.74) is 0.952. The van der Waals surface area contributed by atoms with Crippen LogP contribution >= 0.6 is 22.9 Å². The molecule has 7 heteroatoms. The average molecular weight is 408 g/mol. The molecule has 0 aliphatic heterocycles. The van der Waals surface area contributed by atoms with E-state index in [-0.39, 0.29) is 23.8 Å². The van der Waals surface area contributed by atoms with Gasteiger partial charge in [-0.15, -0.1) is 11.3 Å². The molecule has 2 aromatic rings. The maximum atomic E-state index is 12.8. The molecule has 0 bridgehead atoms. The van der Waals surface area contributed by atoms with Gasteiger partial charge in [0.05, 0.1) is 10.9 Å². The Morgan fingerprint density at radius 3 is 2.41 bits per heavy atom. The van der Waals surface area contributed by atoms with Gasteiger partial charge in [0.15, 0.2) is 0 Å². The van der Waals surface area contributed by atoms with Crippen LogP contribution < -0.4 is 10.6 Å². The molecular weight excluding hydrogens is 382 g/mol. The minimum atomic E-state index is -0.603. The van der Waals surface area contributed by atoms with Crippen LogP contribution in [0, 0.1) is 5.92 Å². The smallest absolute Gasteiger partial charge is 0.262 e. The fourth-order valence-corrected chi connectivity index (χ4v) is 3.67. The number of hydrogen-bond acceptors (Lipinski definition) is 4. The predicted molar refractivity (Wildman–Crippen MR) is 111 cm³/mol. The highest BCUT2D eigenvalue weighted by Crippen LogP contribution is 2.25. The zero-order chi connectivity index (χ0) is 20.0. The fraction of sp³-hybridized carbons (Fsp3) is 0.400. The Labute approximate surface area is 169 Å². The number of thiophene rings is 1. The van der Waals surface area contributed by atoms with E-state index in [1.807, 2.05) is 68.6 Å². The summed E-state index contributed by atoms with van der Waals surface area (Å²) in [5, 5.41) is 8.32. The lowest BCUT2D eigenvalue weighted by Gasteiger charge is -2.28. The predicted octanol–water partition coefficient (Wildman–Crippen LogP) is 3.58. The van der Waals surface area contributed by atoms with E-state index < -0.39 is 6.04 Å². The van der Waals surface area contributed by atoms with Gasteiger partial charge in [-0.2, -0.15) is 0 Å². The largest absolute Gasteiger partial charge is 0.352 e. The lowest BCUT2D eigenvalue weighted by atomic mass is 10.0. The monoisotopic (exact) mass is 407 g/mol. The molecule has 2 N–H and O–H groups in total. The van der Waals surface area contributed by atoms with E-state index in [9.17, 15) is 9.59 Å². The Kier molecular flexibility index (Phi) is 7.83. The van der Waals surface area contributed by atoms with Crippen LogP contribution in [0.2, 0.25) is 5.02 Å². The molecule has 5 nitrogen and oxygen atoms in total. The molecule has 0 saturated heterocycles. The zero-order valence-electron chi connectivity index (χ0n) is 16.0. The summed E-state index contributed by atoms with van der Waals surface area (Å²) < 4.78 is 0. The van der Waals surface area contributed by atoms with Crippen molar-refractivity contribution in [1.29, 1.82) is 0 Å². The van der Waals surface area contributed by atoms with E-state index in [0.29, 0.717) is 16.4 Å². The van der Waals surface area contributed by atoms with Crippen molar-refractivity contribution < 1.29 is 9.59 Å². The van der Waals surface area contributed by atoms with Crippen molar-refractivity contribution in [2.45, 2.75) is 25.9 Å². The maximum Gasteiger partial charge on any atom is 0.262 e. The van der Waals surface area contributed by atoms with Crippen LogP contribution in [0.15, 0.2) is 41.8 Å². The third-order valence-electron chi connectivity index (χ3n) is 4.34. The van der Waals surface area contributed by atoms with Crippen LogP contribution in [0.1, 0.15) is 35.1 Å². The van der Waals surface area contributed by atoms with Gasteiger partial charge in [-0.25, -0.2) is 0 Å². The van der Waals surface area contributed by atoms with Crippen LogP contribution in [-0.4, -0.2) is 43.4 Å². The van der Waals surface area contributed by atoms with Crippen molar-refractivity contribution in [2.75, 3.05) is 20.6 Å². The Hall–Kier alpha value is -1.89. The van der Waals surface area contributed by atoms with E-state index in [1.165, 1.54) is 11.3 Å². The molecule has 0 aliphatic rings. The molecule has 0 aliphatic carbocycles. The van der Waals surface area contributed by atoms with Crippen molar-refractivity contribution >= 4 is 34.8 Å². The van der Waals surface area contributed by atoms with Crippen LogP contribution in [-0.2, 0) is 4.79 Å². The molecule has 0 spiro atoms. The summed E-state index contributed by atoms with van der Waals surface area (Å²) in [5.74, 6) is -0.463. The van der Waals surface area contributed by atoms with Gasteiger partial charge >= 0.3 is 0 Å². The number of rotatable bonds is 8. The molecule has 146 valence electrons. The number of nitrogens with one attached hydrogen (secondary N) is 2. The molecule has 2 unspecified atom stereocenters. The SMILES string of the molecule is CC(C)C(NC(=O)c1cccs1)C(=O)NCC(c1ccccc1Cl)N(C)C. The van der Waals surface area contributed by atoms with Crippen molar-refractivity contribution in [3.63, 3.8) is 0 Å². The van der Waals surface area contributed by atoms with Crippen LogP contribution in [0.3, 0.4) is 0 Å². The summed E-state index contributed by atoms with van der Waals surface area (Å²) in [6.07, 6.45) is 0. The van der Waals surface area contributed by atoms with Gasteiger partial charge in [-0.3, -0.25) is 9.59 Å². The summed E-state index contributed by atoms with van der Waals surface area (Å²) in [6, 6.07) is 10.5. The van der Waals surface area contributed by atoms with E-state index in [1.54, 1.807) is 6.07 Å². The number of hydrogen-bond donors (Lipinski definition) is 2. The molecule has 0 radical (unpaired) electrons. The molecule has 1 heterocycles. The molecule has 2 rings (SSSR count). The van der Waals surface area contributed by atoms with Crippen molar-refractivity contribution in [3.8, 4) is 0 Å². The Morgan fingerprint density at radius 1 is 1.15 bits per heavy atom. The summed E-state index contributed by atoms with van der Waals surface area (Å²) in [4.78, 5) is 27.7. The van der Waals surface area contributed by atoms with Gasteiger partial charge < -0.3 is 15.5 Å². The quantitative estimate of drug-likeness (QED) is 0.703. The second-order valence-electron chi connectivity index (χ2n) is 6.92. The lowest BCUT2D eigenvalue weighted by Crippen LogP contribution is -2.50. The summed E-state index contributed by atoms with van der Waals surface area (Å²) in [7, 11) is 3.89. The normalized spacial score (nSPS) is 13.4. The maximum absolute atomic E-state index is 12.8. The number of carbonyl (C=O) groups excluding carboxylic acids is 2. The van der Waals surface area contributed by atoms with Gasteiger partial charge in [-0.05, 0) is 43.1 Å². The molecule has 27 heavy (non-hydrogen) atoms. The van der Waals surface area contributed by atoms with Crippen molar-refractivity contribution in [2.24, 2.45) is 5.92 Å². The van der Waals surface area contributed by atoms with Crippen LogP contribution in [0.5, 0.6) is 0 Å². The number of amides is 2. The fourth-order valence-electron chi connectivity index (χ4n) is 2.78. The van der Waals surface area contributed by atoms with Gasteiger partial charge in [-0.1, -0.05) is 49.7 Å². The second kappa shape index (κ2) is 9.88. The first kappa shape index (κ1) is 21.4. The number of halogens is 1. The lowest BCUT2D eigenvalue weighted by molar-refractivity contribution is -0.124. The molecule has 1 aromatic carbocycles.